The summed E-state index contributed by atoms with van der Waals surface area (Å²) in [5.74, 6) is -0.407. The van der Waals surface area contributed by atoms with Crippen LogP contribution in [-0.4, -0.2) is 45.5 Å². The van der Waals surface area contributed by atoms with E-state index >= 15 is 0 Å². The lowest BCUT2D eigenvalue weighted by Crippen LogP contribution is -2.50. The molecule has 2 amide bonds. The Morgan fingerprint density at radius 1 is 1.44 bits per heavy atom. The number of hydrogen-bond acceptors (Lipinski definition) is 7. The number of carbonyl (C=O) groups excluding carboxylic acids is 2. The molecule has 18 heavy (non-hydrogen) atoms. The number of aryl methyl sites for hydroxylation is 1. The minimum absolute atomic E-state index is 0.0615. The second-order valence-electron chi connectivity index (χ2n) is 3.49. The lowest BCUT2D eigenvalue weighted by Gasteiger charge is -2.13. The largest absolute Gasteiger partial charge is 0.395 e. The van der Waals surface area contributed by atoms with Crippen molar-refractivity contribution in [1.82, 2.24) is 25.5 Å². The van der Waals surface area contributed by atoms with Gasteiger partial charge in [-0.05, 0) is 25.4 Å². The maximum Gasteiger partial charge on any atom is 0.300 e. The van der Waals surface area contributed by atoms with Crippen molar-refractivity contribution < 1.29 is 14.7 Å². The minimum atomic E-state index is -0.520. The summed E-state index contributed by atoms with van der Waals surface area (Å²) in [4.78, 5) is 26.9. The first-order valence-corrected chi connectivity index (χ1v) is 6.06. The maximum atomic E-state index is 11.5. The molecule has 8 nitrogen and oxygen atoms in total. The fourth-order valence-electron chi connectivity index (χ4n) is 1.04. The van der Waals surface area contributed by atoms with Crippen molar-refractivity contribution in [2.24, 2.45) is 0 Å². The van der Waals surface area contributed by atoms with E-state index in [-0.39, 0.29) is 11.6 Å². The molecule has 0 radical (unpaired) electrons. The third-order valence-electron chi connectivity index (χ3n) is 1.98. The molecule has 0 bridgehead atoms. The molecule has 4 N–H and O–H groups in total. The average molecular weight is 273 g/mol. The van der Waals surface area contributed by atoms with Crippen molar-refractivity contribution >= 4 is 23.3 Å². The number of nitrogens with one attached hydrogen (secondary N) is 3. The summed E-state index contributed by atoms with van der Waals surface area (Å²) >= 11 is 0.958. The van der Waals surface area contributed by atoms with Gasteiger partial charge in [0.15, 0.2) is 0 Å². The molecule has 1 aromatic heterocycles. The van der Waals surface area contributed by atoms with Crippen LogP contribution < -0.4 is 16.2 Å². The Kier molecular flexibility index (Phi) is 5.62. The molecule has 1 atom stereocenters. The van der Waals surface area contributed by atoms with Gasteiger partial charge in [-0.1, -0.05) is 0 Å². The summed E-state index contributed by atoms with van der Waals surface area (Å²) in [6.45, 7) is 3.53. The van der Waals surface area contributed by atoms with E-state index in [2.05, 4.69) is 25.5 Å². The number of carbonyl (C=O) groups is 2. The van der Waals surface area contributed by atoms with Gasteiger partial charge in [-0.25, -0.2) is 4.98 Å². The monoisotopic (exact) mass is 273 g/mol. The Labute approximate surface area is 108 Å². The highest BCUT2D eigenvalue weighted by Crippen LogP contribution is 2.02. The Bertz CT molecular complexity index is 422. The zero-order chi connectivity index (χ0) is 13.5. The molecule has 1 heterocycles. The van der Waals surface area contributed by atoms with Gasteiger partial charge in [0.1, 0.15) is 5.82 Å². The smallest absolute Gasteiger partial charge is 0.300 e. The quantitative estimate of drug-likeness (QED) is 0.489. The lowest BCUT2D eigenvalue weighted by atomic mass is 10.3. The summed E-state index contributed by atoms with van der Waals surface area (Å²) in [5, 5.41) is 11.5. The second-order valence-corrected chi connectivity index (χ2v) is 4.24. The zero-order valence-electron chi connectivity index (χ0n) is 10.1. The molecule has 100 valence electrons. The highest BCUT2D eigenvalue weighted by atomic mass is 32.1. The van der Waals surface area contributed by atoms with Crippen LogP contribution in [0, 0.1) is 6.92 Å². The van der Waals surface area contributed by atoms with Gasteiger partial charge in [0.05, 0.1) is 12.6 Å². The number of aliphatic hydroxyl groups excluding tert-OH is 1. The van der Waals surface area contributed by atoms with Crippen molar-refractivity contribution in [3.8, 4) is 0 Å². The van der Waals surface area contributed by atoms with Crippen LogP contribution in [0.15, 0.2) is 0 Å². The van der Waals surface area contributed by atoms with Crippen LogP contribution in [0.3, 0.4) is 0 Å². The van der Waals surface area contributed by atoms with Crippen LogP contribution in [0.1, 0.15) is 22.6 Å². The van der Waals surface area contributed by atoms with Gasteiger partial charge in [0.2, 0.25) is 5.01 Å². The normalized spacial score (nSPS) is 11.9. The van der Waals surface area contributed by atoms with Crippen molar-refractivity contribution in [3.05, 3.63) is 10.8 Å². The molecule has 0 aromatic carbocycles. The minimum Gasteiger partial charge on any atom is -0.395 e. The standard InChI is InChI=1S/C9H15N5O3S/c1-5(10-3-4-15)7(16)12-13-8(17)9-11-6(2)14-18-9/h5,10,15H,3-4H2,1-2H3,(H,12,16)(H,13,17)/t5-/m1/s1. The number of aliphatic hydroxyl groups is 1. The van der Waals surface area contributed by atoms with E-state index in [1.165, 1.54) is 0 Å². The van der Waals surface area contributed by atoms with Crippen LogP contribution in [0.2, 0.25) is 0 Å². The first-order chi connectivity index (χ1) is 8.54. The Morgan fingerprint density at radius 2 is 2.17 bits per heavy atom. The van der Waals surface area contributed by atoms with Crippen molar-refractivity contribution in [2.75, 3.05) is 13.2 Å². The molecule has 0 aliphatic carbocycles. The predicted octanol–water partition coefficient (Wildman–Crippen LogP) is -1.42. The van der Waals surface area contributed by atoms with Gasteiger partial charge in [-0.15, -0.1) is 0 Å². The fraction of sp³-hybridized carbons (Fsp3) is 0.556. The molecule has 0 saturated carbocycles. The highest BCUT2D eigenvalue weighted by molar-refractivity contribution is 7.07. The number of nitrogens with zero attached hydrogens (tertiary/aromatic N) is 2. The summed E-state index contributed by atoms with van der Waals surface area (Å²) in [7, 11) is 0. The van der Waals surface area contributed by atoms with Crippen LogP contribution in [-0.2, 0) is 4.79 Å². The topological polar surface area (TPSA) is 116 Å². The third kappa shape index (κ3) is 4.35. The van der Waals surface area contributed by atoms with Crippen molar-refractivity contribution in [1.29, 1.82) is 0 Å². The van der Waals surface area contributed by atoms with Crippen molar-refractivity contribution in [2.45, 2.75) is 19.9 Å². The summed E-state index contributed by atoms with van der Waals surface area (Å²) in [5.41, 5.74) is 4.49. The number of hydrazine groups is 1. The van der Waals surface area contributed by atoms with Gasteiger partial charge in [-0.2, -0.15) is 4.37 Å². The van der Waals surface area contributed by atoms with Crippen LogP contribution in [0.4, 0.5) is 0 Å². The number of aromatic nitrogens is 2. The van der Waals surface area contributed by atoms with Gasteiger partial charge >= 0.3 is 0 Å². The molecule has 0 fully saturated rings. The summed E-state index contributed by atoms with van der Waals surface area (Å²) in [6.07, 6.45) is 0. The maximum absolute atomic E-state index is 11.5. The van der Waals surface area contributed by atoms with E-state index in [4.69, 9.17) is 5.11 Å². The molecule has 0 aliphatic heterocycles. The van der Waals surface area contributed by atoms with E-state index in [0.717, 1.165) is 11.5 Å². The molecule has 0 spiro atoms. The first kappa shape index (κ1) is 14.5. The molecule has 0 unspecified atom stereocenters. The molecule has 1 rings (SSSR count). The number of hydrogen-bond donors (Lipinski definition) is 4. The Hall–Kier alpha value is -1.58. The third-order valence-corrected chi connectivity index (χ3v) is 2.78. The Balaban J connectivity index is 2.36. The van der Waals surface area contributed by atoms with E-state index in [0.29, 0.717) is 12.4 Å². The van der Waals surface area contributed by atoms with Crippen LogP contribution in [0.25, 0.3) is 0 Å². The van der Waals surface area contributed by atoms with Gasteiger partial charge < -0.3 is 10.4 Å². The van der Waals surface area contributed by atoms with Crippen LogP contribution >= 0.6 is 11.5 Å². The predicted molar refractivity (Wildman–Crippen MR) is 64.8 cm³/mol. The second kappa shape index (κ2) is 6.99. The first-order valence-electron chi connectivity index (χ1n) is 5.29. The fourth-order valence-corrected chi connectivity index (χ4v) is 1.61. The molecule has 1 aromatic rings. The van der Waals surface area contributed by atoms with E-state index in [1.54, 1.807) is 13.8 Å². The highest BCUT2D eigenvalue weighted by Gasteiger charge is 2.15. The average Bonchev–Trinajstić information content (AvgIpc) is 2.79. The van der Waals surface area contributed by atoms with E-state index in [1.807, 2.05) is 0 Å². The molecule has 0 saturated heterocycles. The van der Waals surface area contributed by atoms with Crippen molar-refractivity contribution in [3.63, 3.8) is 0 Å². The van der Waals surface area contributed by atoms with Crippen LogP contribution in [0.5, 0.6) is 0 Å². The summed E-state index contributed by atoms with van der Waals surface area (Å²) in [6, 6.07) is -0.520. The lowest BCUT2D eigenvalue weighted by molar-refractivity contribution is -0.123. The van der Waals surface area contributed by atoms with E-state index in [9.17, 15) is 9.59 Å². The number of rotatable bonds is 5. The Morgan fingerprint density at radius 3 is 2.72 bits per heavy atom. The van der Waals surface area contributed by atoms with Gasteiger partial charge in [0.25, 0.3) is 11.8 Å². The van der Waals surface area contributed by atoms with Gasteiger partial charge in [-0.3, -0.25) is 20.4 Å². The molecular formula is C9H15N5O3S. The van der Waals surface area contributed by atoms with E-state index < -0.39 is 17.9 Å². The molecule has 0 aliphatic rings. The van der Waals surface area contributed by atoms with Gasteiger partial charge in [0, 0.05) is 6.54 Å². The SMILES string of the molecule is Cc1nsc(C(=O)NNC(=O)[C@@H](C)NCCO)n1. The summed E-state index contributed by atoms with van der Waals surface area (Å²) < 4.78 is 3.86. The number of amides is 2. The zero-order valence-corrected chi connectivity index (χ0v) is 10.9. The molecular weight excluding hydrogens is 258 g/mol. The molecule has 9 heteroatoms.